The van der Waals surface area contributed by atoms with Crippen molar-refractivity contribution in [2.45, 2.75) is 165 Å². The van der Waals surface area contributed by atoms with Crippen LogP contribution in [0.2, 0.25) is 0 Å². The number of thioether (sulfide) groups is 1. The molecule has 2 aromatic heterocycles. The van der Waals surface area contributed by atoms with Crippen LogP contribution in [0.3, 0.4) is 0 Å². The number of carboxylic acids is 2. The predicted molar refractivity (Wildman–Crippen MR) is 317 cm³/mol. The van der Waals surface area contributed by atoms with Crippen molar-refractivity contribution in [3.8, 4) is 0 Å². The predicted octanol–water partition coefficient (Wildman–Crippen LogP) is -6.61. The number of hydrogen-bond acceptors (Lipinski definition) is 20. The molecule has 0 aromatic carbocycles. The number of imidazole rings is 2. The molecule has 12 amide bonds. The summed E-state index contributed by atoms with van der Waals surface area (Å²) in [4.78, 5) is 198. The highest BCUT2D eigenvalue weighted by atomic mass is 32.2. The van der Waals surface area contributed by atoms with Crippen LogP contribution in [0, 0.1) is 11.8 Å². The Morgan fingerprint density at radius 1 is 0.528 bits per heavy atom. The highest BCUT2D eigenvalue weighted by Crippen LogP contribution is 2.12. The van der Waals surface area contributed by atoms with Crippen molar-refractivity contribution in [2.24, 2.45) is 34.8 Å². The average Bonchev–Trinajstić information content (AvgIpc) is 3.11. The van der Waals surface area contributed by atoms with E-state index in [2.05, 4.69) is 73.1 Å². The Hall–Kier alpha value is -8.77. The summed E-state index contributed by atoms with van der Waals surface area (Å²) in [6.45, 7) is 5.19. The second-order valence-electron chi connectivity index (χ2n) is 21.6. The molecule has 0 fully saturated rings. The monoisotopic (exact) mass is 1280 g/mol. The minimum absolute atomic E-state index is 0.00175. The number of nitrogens with one attached hydrogen (secondary N) is 12. The van der Waals surface area contributed by atoms with Crippen LogP contribution in [0.15, 0.2) is 25.0 Å². The van der Waals surface area contributed by atoms with Gasteiger partial charge < -0.3 is 101 Å². The van der Waals surface area contributed by atoms with Crippen LogP contribution in [0.4, 0.5) is 0 Å². The van der Waals surface area contributed by atoms with Crippen molar-refractivity contribution in [1.29, 1.82) is 0 Å². The number of carbonyl (C=O) groups excluding carboxylic acids is 12. The lowest BCUT2D eigenvalue weighted by atomic mass is 10.0. The van der Waals surface area contributed by atoms with Gasteiger partial charge in [0.2, 0.25) is 70.9 Å². The first kappa shape index (κ1) is 76.3. The molecule has 36 heteroatoms. The SMILES string of the molecule is CSCC[C@H](NC(=O)[C@H](CO)NC(=O)[C@H](CC(N)=O)NC(=O)[C@H](CC(C)C)NC(=O)[C@H](Cc1cnc[nH]1)NC(=O)[C@H](CCCCN)NC(=O)CNC(=O)[C@H](CC(C)C)NC(=O)[C@H](CC(N)=O)NC(=O)[C@@H](N)Cc1cnc[nH]1)C(=O)N[C@@H](CCC(=O)O)C(=O)O. The Balaban J connectivity index is 2.34. The number of aromatic amines is 2. The zero-order valence-corrected chi connectivity index (χ0v) is 51.0. The van der Waals surface area contributed by atoms with Crippen LogP contribution >= 0.6 is 11.8 Å². The summed E-state index contributed by atoms with van der Waals surface area (Å²) < 4.78 is 0. The molecule has 2 rings (SSSR count). The van der Waals surface area contributed by atoms with E-state index in [9.17, 15) is 77.3 Å². The van der Waals surface area contributed by atoms with Gasteiger partial charge in [-0.15, -0.1) is 0 Å². The fourth-order valence-electron chi connectivity index (χ4n) is 8.48. The van der Waals surface area contributed by atoms with E-state index in [-0.39, 0.29) is 69.1 Å². The van der Waals surface area contributed by atoms with Crippen molar-refractivity contribution in [3.63, 3.8) is 0 Å². The molecular weight excluding hydrogens is 1190 g/mol. The summed E-state index contributed by atoms with van der Waals surface area (Å²) in [5.41, 5.74) is 23.4. The number of hydrogen-bond donors (Lipinski definition) is 19. The van der Waals surface area contributed by atoms with Crippen LogP contribution in [-0.2, 0) is 80.0 Å². The van der Waals surface area contributed by atoms with Gasteiger partial charge in [-0.3, -0.25) is 62.3 Å². The molecule has 0 saturated heterocycles. The summed E-state index contributed by atoms with van der Waals surface area (Å²) >= 11 is 1.25. The summed E-state index contributed by atoms with van der Waals surface area (Å²) in [5.74, 6) is -15.2. The molecule has 2 heterocycles. The highest BCUT2D eigenvalue weighted by Gasteiger charge is 2.36. The van der Waals surface area contributed by atoms with Crippen molar-refractivity contribution in [1.82, 2.24) is 73.1 Å². The molecule has 496 valence electrons. The molecular formula is C53H86N18O17S. The van der Waals surface area contributed by atoms with Gasteiger partial charge in [0.25, 0.3) is 0 Å². The number of aliphatic hydroxyl groups excluding tert-OH is 1. The fraction of sp³-hybridized carbons (Fsp3) is 0.623. The maximum absolute atomic E-state index is 14.4. The van der Waals surface area contributed by atoms with E-state index < -0.39 is 182 Å². The number of aliphatic carboxylic acids is 2. The summed E-state index contributed by atoms with van der Waals surface area (Å²) in [6, 6.07) is -15.3. The van der Waals surface area contributed by atoms with Gasteiger partial charge in [-0.25, -0.2) is 14.8 Å². The largest absolute Gasteiger partial charge is 0.481 e. The van der Waals surface area contributed by atoms with E-state index in [4.69, 9.17) is 28.0 Å². The number of unbranched alkanes of at least 4 members (excludes halogenated alkanes) is 1. The lowest BCUT2D eigenvalue weighted by molar-refractivity contribution is -0.143. The molecule has 89 heavy (non-hydrogen) atoms. The van der Waals surface area contributed by atoms with Crippen LogP contribution < -0.4 is 76.1 Å². The maximum atomic E-state index is 14.4. The van der Waals surface area contributed by atoms with Crippen LogP contribution in [0.25, 0.3) is 0 Å². The number of nitrogens with zero attached hydrogens (tertiary/aromatic N) is 2. The molecule has 0 bridgehead atoms. The number of aromatic nitrogens is 4. The minimum atomic E-state index is -1.86. The topological polar surface area (TPSA) is 581 Å². The number of carboxylic acid groups (broad SMARTS) is 2. The Morgan fingerprint density at radius 3 is 1.43 bits per heavy atom. The van der Waals surface area contributed by atoms with E-state index in [1.807, 2.05) is 0 Å². The number of carbonyl (C=O) groups is 14. The van der Waals surface area contributed by atoms with Crippen LogP contribution in [0.5, 0.6) is 0 Å². The molecule has 23 N–H and O–H groups in total. The number of primary amides is 2. The molecule has 0 aliphatic carbocycles. The van der Waals surface area contributed by atoms with Gasteiger partial charge in [0.05, 0.1) is 44.7 Å². The normalized spacial score (nSPS) is 14.5. The van der Waals surface area contributed by atoms with Gasteiger partial charge in [0, 0.05) is 43.0 Å². The summed E-state index contributed by atoms with van der Waals surface area (Å²) in [5, 5.41) is 52.9. The molecule has 35 nitrogen and oxygen atoms in total. The van der Waals surface area contributed by atoms with E-state index in [0.717, 1.165) is 0 Å². The first-order chi connectivity index (χ1) is 42.0. The van der Waals surface area contributed by atoms with Crippen LogP contribution in [0.1, 0.15) is 103 Å². The Labute approximate surface area is 516 Å². The third kappa shape index (κ3) is 29.7. The maximum Gasteiger partial charge on any atom is 0.326 e. The van der Waals surface area contributed by atoms with Crippen molar-refractivity contribution < 1.29 is 82.4 Å². The molecule has 0 radical (unpaired) electrons. The number of amides is 12. The first-order valence-electron chi connectivity index (χ1n) is 28.5. The van der Waals surface area contributed by atoms with Gasteiger partial charge in [-0.1, -0.05) is 27.7 Å². The number of nitrogens with two attached hydrogens (primary N) is 4. The Morgan fingerprint density at radius 2 is 0.955 bits per heavy atom. The first-order valence-corrected chi connectivity index (χ1v) is 29.9. The van der Waals surface area contributed by atoms with Crippen molar-refractivity contribution >= 4 is 94.6 Å². The lowest BCUT2D eigenvalue weighted by Crippen LogP contribution is -2.61. The minimum Gasteiger partial charge on any atom is -0.481 e. The molecule has 0 saturated carbocycles. The molecule has 0 spiro atoms. The van der Waals surface area contributed by atoms with E-state index in [1.165, 1.54) is 36.8 Å². The van der Waals surface area contributed by atoms with Gasteiger partial charge >= 0.3 is 11.9 Å². The van der Waals surface area contributed by atoms with E-state index in [0.29, 0.717) is 17.8 Å². The molecule has 0 aliphatic rings. The van der Waals surface area contributed by atoms with Crippen LogP contribution in [-0.4, -0.2) is 210 Å². The standard InChI is InChI=1S/C53H86N18O17S/c1-26(2)14-34(67-50(84)37(18-40(56)73)66-44(78)30(55)16-28-20-58-24-61-28)45(79)60-22-42(75)63-31(8-6-7-12-54)46(80)69-36(17-29-21-59-25-62-29)49(83)68-35(15-27(3)4)48(82)70-38(19-41(57)74)51(85)71-39(23-72)52(86)64-32(11-13-89-5)47(81)65-33(53(87)88)9-10-43(76)77/h20-21,24-27,30-39,72H,6-19,22-23,54-55H2,1-5H3,(H2,56,73)(H2,57,74)(H,58,61)(H,59,62)(H,60,79)(H,63,75)(H,64,86)(H,65,81)(H,66,78)(H,67,84)(H,68,83)(H,69,80)(H,70,82)(H,71,85)(H,76,77)(H,87,88)/t30-,31-,32-,33-,34-,35-,36-,37-,38-,39-/m0/s1. The molecule has 10 atom stereocenters. The third-order valence-electron chi connectivity index (χ3n) is 13.0. The zero-order valence-electron chi connectivity index (χ0n) is 50.2. The van der Waals surface area contributed by atoms with Gasteiger partial charge in [-0.05, 0) is 75.3 Å². The van der Waals surface area contributed by atoms with Gasteiger partial charge in [0.1, 0.15) is 54.4 Å². The Kier molecular flexibility index (Phi) is 34.2. The zero-order chi connectivity index (χ0) is 66.9. The number of rotatable bonds is 44. The quantitative estimate of drug-likeness (QED) is 0.0274. The van der Waals surface area contributed by atoms with Gasteiger partial charge in [-0.2, -0.15) is 11.8 Å². The molecule has 0 unspecified atom stereocenters. The number of H-pyrrole nitrogens is 2. The highest BCUT2D eigenvalue weighted by molar-refractivity contribution is 7.98. The average molecular weight is 1280 g/mol. The summed E-state index contributed by atoms with van der Waals surface area (Å²) in [6.07, 6.45) is 4.64. The second-order valence-corrected chi connectivity index (χ2v) is 22.6. The summed E-state index contributed by atoms with van der Waals surface area (Å²) in [7, 11) is 0. The third-order valence-corrected chi connectivity index (χ3v) is 13.7. The lowest BCUT2D eigenvalue weighted by Gasteiger charge is -2.28. The Bertz CT molecular complexity index is 2700. The smallest absolute Gasteiger partial charge is 0.326 e. The number of aliphatic hydroxyl groups is 1. The molecule has 0 aliphatic heterocycles. The van der Waals surface area contributed by atoms with E-state index >= 15 is 0 Å². The van der Waals surface area contributed by atoms with Crippen molar-refractivity contribution in [3.05, 3.63) is 36.4 Å². The van der Waals surface area contributed by atoms with E-state index in [1.54, 1.807) is 34.0 Å². The second kappa shape index (κ2) is 39.9. The molecule has 2 aromatic rings. The van der Waals surface area contributed by atoms with Gasteiger partial charge in [0.15, 0.2) is 0 Å². The fourth-order valence-corrected chi connectivity index (χ4v) is 8.96. The van der Waals surface area contributed by atoms with Crippen molar-refractivity contribution in [2.75, 3.05) is 31.7 Å².